The highest BCUT2D eigenvalue weighted by atomic mass is 16.5. The van der Waals surface area contributed by atoms with Crippen LogP contribution in [0.15, 0.2) is 52.1 Å². The number of amides is 1. The number of hydrogen-bond acceptors (Lipinski definition) is 4. The molecule has 7 nitrogen and oxygen atoms in total. The molecule has 3 rings (SSSR count). The first-order chi connectivity index (χ1) is 14.0. The second-order valence-electron chi connectivity index (χ2n) is 7.76. The quantitative estimate of drug-likeness (QED) is 0.493. The van der Waals surface area contributed by atoms with Crippen LogP contribution in [-0.4, -0.2) is 38.6 Å². The van der Waals surface area contributed by atoms with Crippen molar-refractivity contribution in [3.8, 4) is 5.75 Å². The molecule has 1 aliphatic rings. The van der Waals surface area contributed by atoms with Gasteiger partial charge < -0.3 is 25.1 Å². The van der Waals surface area contributed by atoms with E-state index < -0.39 is 5.41 Å². The van der Waals surface area contributed by atoms with Crippen LogP contribution in [0, 0.1) is 5.41 Å². The third-order valence-electron chi connectivity index (χ3n) is 4.99. The average molecular weight is 399 g/mol. The largest absolute Gasteiger partial charge is 0.493 e. The number of carbonyl (C=O) groups is 1. The number of furan rings is 1. The van der Waals surface area contributed by atoms with Crippen molar-refractivity contribution in [2.75, 3.05) is 26.7 Å². The van der Waals surface area contributed by atoms with E-state index in [9.17, 15) is 4.79 Å². The summed E-state index contributed by atoms with van der Waals surface area (Å²) in [7, 11) is 1.65. The van der Waals surface area contributed by atoms with Crippen LogP contribution in [0.3, 0.4) is 0 Å². The van der Waals surface area contributed by atoms with Gasteiger partial charge in [-0.15, -0.1) is 0 Å². The number of benzene rings is 1. The molecule has 0 aliphatic carbocycles. The van der Waals surface area contributed by atoms with Crippen molar-refractivity contribution in [3.63, 3.8) is 0 Å². The molecule has 0 fully saturated rings. The van der Waals surface area contributed by atoms with Gasteiger partial charge >= 0.3 is 0 Å². The Hall–Kier alpha value is -2.96. The molecule has 7 heteroatoms. The zero-order chi connectivity index (χ0) is 20.7. The predicted octanol–water partition coefficient (Wildman–Crippen LogP) is 2.65. The number of nitrogens with one attached hydrogen (secondary N) is 3. The van der Waals surface area contributed by atoms with E-state index in [4.69, 9.17) is 14.1 Å². The molecule has 1 aromatic heterocycles. The summed E-state index contributed by atoms with van der Waals surface area (Å²) in [6, 6.07) is 12.0. The third kappa shape index (κ3) is 5.53. The number of para-hydroxylation sites is 1. The van der Waals surface area contributed by atoms with E-state index in [0.717, 1.165) is 29.9 Å². The van der Waals surface area contributed by atoms with Crippen molar-refractivity contribution in [1.29, 1.82) is 0 Å². The molecular weight excluding hydrogens is 368 g/mol. The molecule has 2 aromatic rings. The minimum Gasteiger partial charge on any atom is -0.493 e. The van der Waals surface area contributed by atoms with Crippen molar-refractivity contribution >= 4 is 11.9 Å². The molecule has 1 unspecified atom stereocenters. The second kappa shape index (κ2) is 9.49. The Labute approximate surface area is 171 Å². The summed E-state index contributed by atoms with van der Waals surface area (Å²) < 4.78 is 11.2. The Morgan fingerprint density at radius 2 is 2.07 bits per heavy atom. The summed E-state index contributed by atoms with van der Waals surface area (Å²) in [4.78, 5) is 16.8. The monoisotopic (exact) mass is 398 g/mol. The van der Waals surface area contributed by atoms with Crippen molar-refractivity contribution < 1.29 is 13.9 Å². The van der Waals surface area contributed by atoms with Gasteiger partial charge in [-0.2, -0.15) is 0 Å². The Morgan fingerprint density at radius 1 is 1.24 bits per heavy atom. The van der Waals surface area contributed by atoms with Crippen molar-refractivity contribution in [1.82, 2.24) is 16.0 Å². The van der Waals surface area contributed by atoms with Gasteiger partial charge in [0.2, 0.25) is 5.91 Å². The fourth-order valence-electron chi connectivity index (χ4n) is 3.26. The van der Waals surface area contributed by atoms with Crippen LogP contribution < -0.4 is 20.7 Å². The summed E-state index contributed by atoms with van der Waals surface area (Å²) >= 11 is 0. The Kier molecular flexibility index (Phi) is 6.80. The number of ether oxygens (including phenoxy) is 1. The van der Waals surface area contributed by atoms with Crippen LogP contribution in [-0.2, 0) is 11.2 Å². The maximum atomic E-state index is 12.1. The first-order valence-electron chi connectivity index (χ1n) is 10.0. The lowest BCUT2D eigenvalue weighted by molar-refractivity contribution is -0.128. The SMILES string of the molecule is CNC(=O)C(C)(C)CN=C(NCCc1ccco1)NC1CCOc2ccccc21. The van der Waals surface area contributed by atoms with Gasteiger partial charge in [-0.3, -0.25) is 9.79 Å². The van der Waals surface area contributed by atoms with Crippen LogP contribution in [0.5, 0.6) is 5.75 Å². The smallest absolute Gasteiger partial charge is 0.227 e. The number of rotatable bonds is 7. The summed E-state index contributed by atoms with van der Waals surface area (Å²) in [5, 5.41) is 9.60. The second-order valence-corrected chi connectivity index (χ2v) is 7.76. The maximum Gasteiger partial charge on any atom is 0.227 e. The summed E-state index contributed by atoms with van der Waals surface area (Å²) in [6.07, 6.45) is 3.26. The van der Waals surface area contributed by atoms with Gasteiger partial charge in [0.05, 0.1) is 30.9 Å². The molecule has 1 aromatic carbocycles. The standard InChI is InChI=1S/C22H30N4O3/c1-22(2,20(27)23-3)15-25-21(24-12-10-16-7-6-13-28-16)26-18-11-14-29-19-9-5-4-8-17(18)19/h4-9,13,18H,10-12,14-15H2,1-3H3,(H,23,27)(H2,24,25,26). The normalized spacial score (nSPS) is 16.5. The molecule has 1 atom stereocenters. The number of guanidine groups is 1. The number of hydrogen-bond donors (Lipinski definition) is 3. The van der Waals surface area contributed by atoms with Gasteiger partial charge in [0.25, 0.3) is 0 Å². The Morgan fingerprint density at radius 3 is 2.83 bits per heavy atom. The van der Waals surface area contributed by atoms with Gasteiger partial charge in [-0.1, -0.05) is 18.2 Å². The summed E-state index contributed by atoms with van der Waals surface area (Å²) in [5.74, 6) is 2.46. The average Bonchev–Trinajstić information content (AvgIpc) is 3.25. The minimum absolute atomic E-state index is 0.0346. The summed E-state index contributed by atoms with van der Waals surface area (Å²) in [5.41, 5.74) is 0.516. The molecule has 156 valence electrons. The van der Waals surface area contributed by atoms with E-state index in [0.29, 0.717) is 25.7 Å². The maximum absolute atomic E-state index is 12.1. The molecular formula is C22H30N4O3. The molecule has 3 N–H and O–H groups in total. The fourth-order valence-corrected chi connectivity index (χ4v) is 3.26. The Bertz CT molecular complexity index is 830. The molecule has 0 bridgehead atoms. The molecule has 1 aliphatic heterocycles. The van der Waals surface area contributed by atoms with E-state index in [-0.39, 0.29) is 11.9 Å². The van der Waals surface area contributed by atoms with Crippen LogP contribution >= 0.6 is 0 Å². The lowest BCUT2D eigenvalue weighted by Crippen LogP contribution is -2.43. The van der Waals surface area contributed by atoms with E-state index in [1.807, 2.05) is 44.2 Å². The van der Waals surface area contributed by atoms with Crippen LogP contribution in [0.2, 0.25) is 0 Å². The highest BCUT2D eigenvalue weighted by Crippen LogP contribution is 2.31. The number of carbonyl (C=O) groups excluding carboxylic acids is 1. The number of nitrogens with zero attached hydrogens (tertiary/aromatic N) is 1. The molecule has 29 heavy (non-hydrogen) atoms. The lowest BCUT2D eigenvalue weighted by Gasteiger charge is -2.28. The molecule has 2 heterocycles. The first kappa shape index (κ1) is 20.8. The first-order valence-corrected chi connectivity index (χ1v) is 10.0. The van der Waals surface area contributed by atoms with E-state index >= 15 is 0 Å². The number of fused-ring (bicyclic) bond motifs is 1. The molecule has 0 spiro atoms. The van der Waals surface area contributed by atoms with Crippen LogP contribution in [0.1, 0.15) is 37.6 Å². The van der Waals surface area contributed by atoms with Gasteiger partial charge in [-0.05, 0) is 32.0 Å². The minimum atomic E-state index is -0.599. The van der Waals surface area contributed by atoms with Crippen molar-refractivity contribution in [3.05, 3.63) is 54.0 Å². The Balaban J connectivity index is 1.71. The summed E-state index contributed by atoms with van der Waals surface area (Å²) in [6.45, 7) is 5.47. The highest BCUT2D eigenvalue weighted by Gasteiger charge is 2.27. The van der Waals surface area contributed by atoms with E-state index in [1.165, 1.54) is 0 Å². The number of aliphatic imine (C=N–C) groups is 1. The lowest BCUT2D eigenvalue weighted by atomic mass is 9.93. The van der Waals surface area contributed by atoms with Gasteiger partial charge in [0.1, 0.15) is 11.5 Å². The molecule has 0 saturated carbocycles. The molecule has 1 amide bonds. The van der Waals surface area contributed by atoms with E-state index in [2.05, 4.69) is 22.0 Å². The van der Waals surface area contributed by atoms with Crippen molar-refractivity contribution in [2.24, 2.45) is 10.4 Å². The topological polar surface area (TPSA) is 87.9 Å². The zero-order valence-corrected chi connectivity index (χ0v) is 17.3. The van der Waals surface area contributed by atoms with Gasteiger partial charge in [0.15, 0.2) is 5.96 Å². The van der Waals surface area contributed by atoms with Gasteiger partial charge in [0, 0.05) is 32.0 Å². The van der Waals surface area contributed by atoms with Crippen LogP contribution in [0.25, 0.3) is 0 Å². The molecule has 0 saturated heterocycles. The van der Waals surface area contributed by atoms with Crippen LogP contribution in [0.4, 0.5) is 0 Å². The highest BCUT2D eigenvalue weighted by molar-refractivity contribution is 5.83. The third-order valence-corrected chi connectivity index (χ3v) is 4.99. The van der Waals surface area contributed by atoms with Crippen molar-refractivity contribution in [2.45, 2.75) is 32.7 Å². The fraction of sp³-hybridized carbons (Fsp3) is 0.455. The van der Waals surface area contributed by atoms with Gasteiger partial charge in [-0.25, -0.2) is 0 Å². The zero-order valence-electron chi connectivity index (χ0n) is 17.3. The van der Waals surface area contributed by atoms with E-state index in [1.54, 1.807) is 13.3 Å². The predicted molar refractivity (Wildman–Crippen MR) is 113 cm³/mol. The molecule has 0 radical (unpaired) electrons.